The molecule has 1 aliphatic rings. The summed E-state index contributed by atoms with van der Waals surface area (Å²) in [6.45, 7) is 1.98. The predicted octanol–water partition coefficient (Wildman–Crippen LogP) is 4.17. The molecule has 1 heterocycles. The minimum atomic E-state index is -0.481. The van der Waals surface area contributed by atoms with Crippen molar-refractivity contribution >= 4 is 45.8 Å². The molecule has 0 unspecified atom stereocenters. The van der Waals surface area contributed by atoms with Crippen molar-refractivity contribution in [2.24, 2.45) is 0 Å². The maximum atomic E-state index is 12.4. The third-order valence-electron chi connectivity index (χ3n) is 3.94. The van der Waals surface area contributed by atoms with Crippen LogP contribution in [0.5, 0.6) is 0 Å². The van der Waals surface area contributed by atoms with Crippen molar-refractivity contribution in [3.63, 3.8) is 0 Å². The number of rotatable bonds is 6. The number of ether oxygens (including phenoxy) is 1. The average Bonchev–Trinajstić information content (AvgIpc) is 3.00. The Morgan fingerprint density at radius 3 is 2.73 bits per heavy atom. The lowest BCUT2D eigenvalue weighted by atomic mass is 9.94. The summed E-state index contributed by atoms with van der Waals surface area (Å²) in [4.78, 5) is 38.5. The Labute approximate surface area is 160 Å². The Morgan fingerprint density at radius 1 is 1.23 bits per heavy atom. The second kappa shape index (κ2) is 8.51. The molecule has 0 atom stereocenters. The summed E-state index contributed by atoms with van der Waals surface area (Å²) in [6.07, 6.45) is 1.85. The topological polar surface area (TPSA) is 72.5 Å². The van der Waals surface area contributed by atoms with Crippen LogP contribution in [0.15, 0.2) is 35.2 Å². The van der Waals surface area contributed by atoms with Gasteiger partial charge in [0.2, 0.25) is 5.91 Å². The quantitative estimate of drug-likeness (QED) is 0.593. The molecule has 0 saturated heterocycles. The molecular weight excluding hydrogens is 370 g/mol. The highest BCUT2D eigenvalue weighted by atomic mass is 32.2. The van der Waals surface area contributed by atoms with Gasteiger partial charge in [0, 0.05) is 11.3 Å². The van der Waals surface area contributed by atoms with Crippen LogP contribution in [0.1, 0.15) is 45.4 Å². The van der Waals surface area contributed by atoms with Crippen molar-refractivity contribution < 1.29 is 19.1 Å². The lowest BCUT2D eigenvalue weighted by Gasteiger charge is -2.11. The zero-order valence-electron chi connectivity index (χ0n) is 14.4. The molecule has 1 aromatic carbocycles. The first kappa shape index (κ1) is 18.7. The van der Waals surface area contributed by atoms with Gasteiger partial charge < -0.3 is 10.1 Å². The highest BCUT2D eigenvalue weighted by molar-refractivity contribution is 8.00. The molecule has 0 spiro atoms. The molecule has 0 aliphatic heterocycles. The van der Waals surface area contributed by atoms with E-state index in [1.165, 1.54) is 23.1 Å². The number of carbonyl (C=O) groups excluding carboxylic acids is 3. The van der Waals surface area contributed by atoms with Crippen LogP contribution >= 0.6 is 23.1 Å². The van der Waals surface area contributed by atoms with Crippen molar-refractivity contribution in [1.29, 1.82) is 0 Å². The molecule has 0 bridgehead atoms. The Morgan fingerprint density at radius 2 is 2.00 bits per heavy atom. The van der Waals surface area contributed by atoms with Crippen molar-refractivity contribution in [2.75, 3.05) is 17.7 Å². The van der Waals surface area contributed by atoms with Gasteiger partial charge >= 0.3 is 5.97 Å². The van der Waals surface area contributed by atoms with Crippen LogP contribution in [0.25, 0.3) is 0 Å². The van der Waals surface area contributed by atoms with Gasteiger partial charge in [0.15, 0.2) is 5.78 Å². The van der Waals surface area contributed by atoms with Crippen LogP contribution < -0.4 is 5.32 Å². The van der Waals surface area contributed by atoms with Crippen molar-refractivity contribution in [3.8, 4) is 0 Å². The van der Waals surface area contributed by atoms with Gasteiger partial charge in [-0.25, -0.2) is 4.79 Å². The molecular formula is C19H19NO4S2. The van der Waals surface area contributed by atoms with E-state index in [1.807, 2.05) is 30.3 Å². The van der Waals surface area contributed by atoms with Gasteiger partial charge in [0.05, 0.1) is 22.8 Å². The lowest BCUT2D eigenvalue weighted by Crippen LogP contribution is -2.17. The monoisotopic (exact) mass is 389 g/mol. The summed E-state index contributed by atoms with van der Waals surface area (Å²) in [5, 5.41) is 3.22. The lowest BCUT2D eigenvalue weighted by molar-refractivity contribution is -0.113. The predicted molar refractivity (Wildman–Crippen MR) is 103 cm³/mol. The number of hydrogen-bond acceptors (Lipinski definition) is 6. The normalized spacial score (nSPS) is 13.2. The fourth-order valence-corrected chi connectivity index (χ4v) is 4.74. The van der Waals surface area contributed by atoms with E-state index in [0.29, 0.717) is 34.7 Å². The minimum absolute atomic E-state index is 0.0287. The van der Waals surface area contributed by atoms with E-state index in [-0.39, 0.29) is 24.1 Å². The summed E-state index contributed by atoms with van der Waals surface area (Å²) in [6, 6.07) is 9.62. The van der Waals surface area contributed by atoms with Gasteiger partial charge in [-0.1, -0.05) is 18.2 Å². The number of esters is 1. The average molecular weight is 389 g/mol. The van der Waals surface area contributed by atoms with E-state index >= 15 is 0 Å². The number of thiophene rings is 1. The van der Waals surface area contributed by atoms with E-state index in [2.05, 4.69) is 5.32 Å². The van der Waals surface area contributed by atoms with E-state index in [9.17, 15) is 14.4 Å². The molecule has 3 rings (SSSR count). The first-order valence-electron chi connectivity index (χ1n) is 8.43. The maximum absolute atomic E-state index is 12.4. The van der Waals surface area contributed by atoms with E-state index in [0.717, 1.165) is 10.5 Å². The standard InChI is InChI=1S/C19H19NO4S2/c1-2-24-19(23)16-13-9-6-10-14(21)17(13)26-18(16)20-15(22)11-25-12-7-4-3-5-8-12/h3-5,7-8H,2,6,9-11H2,1H3,(H,20,22). The third-order valence-corrected chi connectivity index (χ3v) is 6.14. The fraction of sp³-hybridized carbons (Fsp3) is 0.316. The second-order valence-electron chi connectivity index (χ2n) is 5.76. The van der Waals surface area contributed by atoms with Crippen LogP contribution in [0, 0.1) is 0 Å². The first-order chi connectivity index (χ1) is 12.6. The number of carbonyl (C=O) groups is 3. The van der Waals surface area contributed by atoms with Gasteiger partial charge in [-0.2, -0.15) is 0 Å². The van der Waals surface area contributed by atoms with Crippen molar-refractivity contribution in [2.45, 2.75) is 31.1 Å². The number of nitrogens with one attached hydrogen (secondary N) is 1. The summed E-state index contributed by atoms with van der Waals surface area (Å²) in [7, 11) is 0. The Balaban J connectivity index is 1.78. The van der Waals surface area contributed by atoms with E-state index in [1.54, 1.807) is 6.92 Å². The molecule has 1 amide bonds. The van der Waals surface area contributed by atoms with Gasteiger partial charge in [0.25, 0.3) is 0 Å². The van der Waals surface area contributed by atoms with Gasteiger partial charge in [-0.15, -0.1) is 23.1 Å². The molecule has 26 heavy (non-hydrogen) atoms. The van der Waals surface area contributed by atoms with Crippen LogP contribution in [-0.2, 0) is 16.0 Å². The maximum Gasteiger partial charge on any atom is 0.341 e. The van der Waals surface area contributed by atoms with Gasteiger partial charge in [0.1, 0.15) is 5.00 Å². The van der Waals surface area contributed by atoms with Crippen LogP contribution in [0.2, 0.25) is 0 Å². The highest BCUT2D eigenvalue weighted by Gasteiger charge is 2.30. The summed E-state index contributed by atoms with van der Waals surface area (Å²) in [5.74, 6) is -0.440. The van der Waals surface area contributed by atoms with Crippen molar-refractivity contribution in [3.05, 3.63) is 46.3 Å². The number of benzene rings is 1. The summed E-state index contributed by atoms with van der Waals surface area (Å²) < 4.78 is 5.14. The smallest absolute Gasteiger partial charge is 0.341 e. The molecule has 1 N–H and O–H groups in total. The van der Waals surface area contributed by atoms with Gasteiger partial charge in [-0.05, 0) is 37.5 Å². The Bertz CT molecular complexity index is 830. The molecule has 136 valence electrons. The SMILES string of the molecule is CCOC(=O)c1c(NC(=O)CSc2ccccc2)sc2c1CCCC2=O. The van der Waals surface area contributed by atoms with Crippen LogP contribution in [0.3, 0.4) is 0 Å². The second-order valence-corrected chi connectivity index (χ2v) is 7.83. The molecule has 1 aromatic heterocycles. The van der Waals surface area contributed by atoms with E-state index < -0.39 is 5.97 Å². The number of amides is 1. The zero-order chi connectivity index (χ0) is 18.5. The zero-order valence-corrected chi connectivity index (χ0v) is 16.0. The number of ketones is 1. The minimum Gasteiger partial charge on any atom is -0.462 e. The number of thioether (sulfide) groups is 1. The number of Topliss-reactive ketones (excluding diaryl/α,β-unsaturated/α-hetero) is 1. The molecule has 2 aromatic rings. The van der Waals surface area contributed by atoms with Crippen molar-refractivity contribution in [1.82, 2.24) is 0 Å². The number of fused-ring (bicyclic) bond motifs is 1. The highest BCUT2D eigenvalue weighted by Crippen LogP contribution is 2.38. The number of hydrogen-bond donors (Lipinski definition) is 1. The van der Waals surface area contributed by atoms with E-state index in [4.69, 9.17) is 4.74 Å². The third kappa shape index (κ3) is 4.16. The molecule has 7 heteroatoms. The van der Waals surface area contributed by atoms with Crippen LogP contribution in [0.4, 0.5) is 5.00 Å². The molecule has 0 radical (unpaired) electrons. The molecule has 1 aliphatic carbocycles. The molecule has 5 nitrogen and oxygen atoms in total. The summed E-state index contributed by atoms with van der Waals surface area (Å²) >= 11 is 2.60. The Hall–Kier alpha value is -2.12. The molecule has 0 fully saturated rings. The molecule has 0 saturated carbocycles. The van der Waals surface area contributed by atoms with Crippen LogP contribution in [-0.4, -0.2) is 30.0 Å². The number of anilines is 1. The van der Waals surface area contributed by atoms with Gasteiger partial charge in [-0.3, -0.25) is 9.59 Å². The Kier molecular flexibility index (Phi) is 6.11. The summed E-state index contributed by atoms with van der Waals surface area (Å²) in [5.41, 5.74) is 1.06. The largest absolute Gasteiger partial charge is 0.462 e. The first-order valence-corrected chi connectivity index (χ1v) is 10.2. The fourth-order valence-electron chi connectivity index (χ4n) is 2.80.